The predicted octanol–water partition coefficient (Wildman–Crippen LogP) is 0.0692. The molecule has 2 atom stereocenters. The topological polar surface area (TPSA) is 40.5 Å². The van der Waals surface area contributed by atoms with Crippen LogP contribution in [0.4, 0.5) is 0 Å². The maximum atomic E-state index is 8.72. The number of aliphatic hydroxyl groups excluding tert-OH is 2. The highest BCUT2D eigenvalue weighted by molar-refractivity contribution is 4.86. The molecule has 0 amide bonds. The van der Waals surface area contributed by atoms with Crippen LogP contribution in [0.15, 0.2) is 18.4 Å². The third-order valence-corrected chi connectivity index (χ3v) is 0.783. The van der Waals surface area contributed by atoms with Gasteiger partial charge in [0.15, 0.2) is 0 Å². The molecule has 0 bridgehead atoms. The summed E-state index contributed by atoms with van der Waals surface area (Å²) in [5.74, 6) is 0. The van der Waals surface area contributed by atoms with E-state index in [0.717, 1.165) is 0 Å². The molecule has 0 saturated heterocycles. The van der Waals surface area contributed by atoms with Crippen molar-refractivity contribution in [3.8, 4) is 0 Å². The smallest absolute Gasteiger partial charge is 0.105 e. The van der Waals surface area contributed by atoms with Gasteiger partial charge in [0.05, 0.1) is 6.10 Å². The lowest BCUT2D eigenvalue weighted by Gasteiger charge is -2.05. The van der Waals surface area contributed by atoms with Crippen LogP contribution in [0.5, 0.6) is 0 Å². The third-order valence-electron chi connectivity index (χ3n) is 0.783. The number of hydrogen-bond donors (Lipinski definition) is 2. The van der Waals surface area contributed by atoms with E-state index in [-0.39, 0.29) is 0 Å². The molecular formula is C6H10O2. The minimum absolute atomic E-state index is 0.732. The second-order valence-corrected chi connectivity index (χ2v) is 1.60. The van der Waals surface area contributed by atoms with Crippen LogP contribution >= 0.6 is 0 Å². The molecule has 0 radical (unpaired) electrons. The largest absolute Gasteiger partial charge is 0.390 e. The Morgan fingerprint density at radius 3 is 2.25 bits per heavy atom. The first kappa shape index (κ1) is 7.44. The Morgan fingerprint density at radius 2 is 2.12 bits per heavy atom. The van der Waals surface area contributed by atoms with Crippen LogP contribution in [0, 0.1) is 0 Å². The molecule has 2 nitrogen and oxygen atoms in total. The predicted molar refractivity (Wildman–Crippen MR) is 31.4 cm³/mol. The van der Waals surface area contributed by atoms with Gasteiger partial charge in [0.25, 0.3) is 0 Å². The summed E-state index contributed by atoms with van der Waals surface area (Å²) in [7, 11) is 0. The summed E-state index contributed by atoms with van der Waals surface area (Å²) in [6.45, 7) is 4.73. The first-order chi connectivity index (χ1) is 3.68. The summed E-state index contributed by atoms with van der Waals surface area (Å²) in [4.78, 5) is 0. The van der Waals surface area contributed by atoms with Crippen molar-refractivity contribution >= 4 is 0 Å². The van der Waals surface area contributed by atoms with Gasteiger partial charge >= 0.3 is 0 Å². The zero-order valence-electron chi connectivity index (χ0n) is 4.83. The lowest BCUT2D eigenvalue weighted by atomic mass is 10.2. The normalized spacial score (nSPS) is 16.4. The Balaban J connectivity index is 3.63. The minimum atomic E-state index is -0.826. The summed E-state index contributed by atoms with van der Waals surface area (Å²) in [6, 6.07) is 0. The lowest BCUT2D eigenvalue weighted by Crippen LogP contribution is -2.18. The average Bonchev–Trinajstić information content (AvgIpc) is 1.67. The zero-order chi connectivity index (χ0) is 6.57. The summed E-state index contributed by atoms with van der Waals surface area (Å²) in [6.07, 6.45) is -0.248. The molecule has 2 heteroatoms. The van der Waals surface area contributed by atoms with Crippen molar-refractivity contribution in [3.05, 3.63) is 18.4 Å². The van der Waals surface area contributed by atoms with Gasteiger partial charge in [-0.1, -0.05) is 6.58 Å². The molecule has 0 unspecified atom stereocenters. The number of aliphatic hydroxyl groups is 2. The first-order valence-electron chi connectivity index (χ1n) is 2.40. The van der Waals surface area contributed by atoms with Gasteiger partial charge in [-0.3, -0.25) is 0 Å². The molecule has 0 saturated carbocycles. The summed E-state index contributed by atoms with van der Waals surface area (Å²) >= 11 is 0. The van der Waals surface area contributed by atoms with E-state index in [2.05, 4.69) is 12.3 Å². The van der Waals surface area contributed by atoms with E-state index >= 15 is 0 Å². The van der Waals surface area contributed by atoms with Crippen molar-refractivity contribution in [3.63, 3.8) is 0 Å². The zero-order valence-corrected chi connectivity index (χ0v) is 4.83. The Morgan fingerprint density at radius 1 is 1.62 bits per heavy atom. The molecule has 0 fully saturated rings. The second-order valence-electron chi connectivity index (χ2n) is 1.60. The monoisotopic (exact) mass is 114 g/mol. The molecule has 0 aliphatic carbocycles. The van der Waals surface area contributed by atoms with E-state index in [1.165, 1.54) is 13.0 Å². The number of rotatable bonds is 2. The fourth-order valence-corrected chi connectivity index (χ4v) is 0.260. The highest BCUT2D eigenvalue weighted by Crippen LogP contribution is 1.90. The van der Waals surface area contributed by atoms with Crippen LogP contribution in [-0.2, 0) is 0 Å². The maximum Gasteiger partial charge on any atom is 0.105 e. The molecule has 0 rings (SSSR count). The molecule has 0 aromatic heterocycles. The summed E-state index contributed by atoms with van der Waals surface area (Å²) in [5, 5.41) is 17.3. The SMILES string of the molecule is C=C=C[C@H](O)[C@@H](C)O. The molecule has 0 aromatic rings. The van der Waals surface area contributed by atoms with Crippen molar-refractivity contribution in [1.29, 1.82) is 0 Å². The molecule has 2 N–H and O–H groups in total. The van der Waals surface area contributed by atoms with Gasteiger partial charge in [-0.25, -0.2) is 0 Å². The Kier molecular flexibility index (Phi) is 3.20. The van der Waals surface area contributed by atoms with E-state index in [4.69, 9.17) is 10.2 Å². The number of hydrogen-bond acceptors (Lipinski definition) is 2. The molecular weight excluding hydrogens is 104 g/mol. The van der Waals surface area contributed by atoms with Gasteiger partial charge in [-0.15, -0.1) is 5.73 Å². The van der Waals surface area contributed by atoms with Crippen LogP contribution in [0.3, 0.4) is 0 Å². The van der Waals surface area contributed by atoms with E-state index in [0.29, 0.717) is 0 Å². The lowest BCUT2D eigenvalue weighted by molar-refractivity contribution is 0.0620. The van der Waals surface area contributed by atoms with Crippen LogP contribution in [0.2, 0.25) is 0 Å². The summed E-state index contributed by atoms with van der Waals surface area (Å²) < 4.78 is 0. The summed E-state index contributed by atoms with van der Waals surface area (Å²) in [5.41, 5.74) is 2.36. The molecule has 0 aliphatic heterocycles. The second kappa shape index (κ2) is 3.44. The third kappa shape index (κ3) is 2.59. The molecule has 0 aliphatic rings. The Labute approximate surface area is 48.8 Å². The molecule has 0 heterocycles. The van der Waals surface area contributed by atoms with Gasteiger partial charge < -0.3 is 10.2 Å². The van der Waals surface area contributed by atoms with Gasteiger partial charge in [0.1, 0.15) is 6.10 Å². The van der Waals surface area contributed by atoms with E-state index in [1.54, 1.807) is 0 Å². The Bertz CT molecular complexity index is 101. The molecule has 0 aromatic carbocycles. The first-order valence-corrected chi connectivity index (χ1v) is 2.40. The van der Waals surface area contributed by atoms with Crippen molar-refractivity contribution in [2.45, 2.75) is 19.1 Å². The van der Waals surface area contributed by atoms with E-state index < -0.39 is 12.2 Å². The maximum absolute atomic E-state index is 8.72. The fraction of sp³-hybridized carbons (Fsp3) is 0.500. The van der Waals surface area contributed by atoms with Gasteiger partial charge in [0.2, 0.25) is 0 Å². The average molecular weight is 114 g/mol. The van der Waals surface area contributed by atoms with Crippen molar-refractivity contribution < 1.29 is 10.2 Å². The van der Waals surface area contributed by atoms with E-state index in [1.807, 2.05) is 0 Å². The highest BCUT2D eigenvalue weighted by atomic mass is 16.3. The van der Waals surface area contributed by atoms with Crippen molar-refractivity contribution in [1.82, 2.24) is 0 Å². The van der Waals surface area contributed by atoms with Crippen molar-refractivity contribution in [2.24, 2.45) is 0 Å². The standard InChI is InChI=1S/C6H10O2/c1-3-4-6(8)5(2)7/h4-8H,1H2,2H3/t5-,6+/m1/s1. The quantitative estimate of drug-likeness (QED) is 0.499. The fourth-order valence-electron chi connectivity index (χ4n) is 0.260. The molecule has 0 spiro atoms. The van der Waals surface area contributed by atoms with Crippen LogP contribution < -0.4 is 0 Å². The highest BCUT2D eigenvalue weighted by Gasteiger charge is 2.03. The Hall–Kier alpha value is -0.560. The van der Waals surface area contributed by atoms with Gasteiger partial charge in [-0.05, 0) is 13.0 Å². The molecule has 8 heavy (non-hydrogen) atoms. The van der Waals surface area contributed by atoms with Crippen LogP contribution in [0.1, 0.15) is 6.92 Å². The van der Waals surface area contributed by atoms with Crippen LogP contribution in [-0.4, -0.2) is 22.4 Å². The van der Waals surface area contributed by atoms with Gasteiger partial charge in [0, 0.05) is 0 Å². The minimum Gasteiger partial charge on any atom is -0.390 e. The van der Waals surface area contributed by atoms with E-state index in [9.17, 15) is 0 Å². The van der Waals surface area contributed by atoms with Gasteiger partial charge in [-0.2, -0.15) is 0 Å². The van der Waals surface area contributed by atoms with Crippen LogP contribution in [0.25, 0.3) is 0 Å². The van der Waals surface area contributed by atoms with Crippen molar-refractivity contribution in [2.75, 3.05) is 0 Å². The molecule has 46 valence electrons.